The molecule has 33 heavy (non-hydrogen) atoms. The molecule has 0 amide bonds. The van der Waals surface area contributed by atoms with Crippen molar-refractivity contribution < 1.29 is 9.53 Å². The predicted molar refractivity (Wildman–Crippen MR) is 134 cm³/mol. The van der Waals surface area contributed by atoms with Crippen molar-refractivity contribution in [3.8, 4) is 11.1 Å². The van der Waals surface area contributed by atoms with Gasteiger partial charge in [-0.3, -0.25) is 4.98 Å². The fourth-order valence-electron chi connectivity index (χ4n) is 4.28. The summed E-state index contributed by atoms with van der Waals surface area (Å²) in [6.45, 7) is 9.63. The van der Waals surface area contributed by atoms with Gasteiger partial charge in [0, 0.05) is 30.4 Å². The van der Waals surface area contributed by atoms with E-state index in [1.54, 1.807) is 12.1 Å². The van der Waals surface area contributed by atoms with Crippen LogP contribution in [0.3, 0.4) is 0 Å². The molecule has 1 unspecified atom stereocenters. The Morgan fingerprint density at radius 2 is 1.64 bits per heavy atom. The molecule has 5 heteroatoms. The number of aromatic nitrogens is 1. The number of ether oxygens (including phenoxy) is 1. The number of benzene rings is 2. The Balaban J connectivity index is 2.03. The molecule has 0 aliphatic heterocycles. The van der Waals surface area contributed by atoms with Crippen LogP contribution in [0.2, 0.25) is 0 Å². The van der Waals surface area contributed by atoms with Gasteiger partial charge < -0.3 is 16.2 Å². The SMILES string of the molecule is Cc1nc(CC(C)C)c(CN)c(-c2ccc(CN)cc2)c1C(C)COC(=O)c1ccccc1. The molecule has 4 N–H and O–H groups in total. The van der Waals surface area contributed by atoms with Crippen LogP contribution in [0.15, 0.2) is 54.6 Å². The van der Waals surface area contributed by atoms with Gasteiger partial charge in [-0.05, 0) is 59.2 Å². The van der Waals surface area contributed by atoms with Gasteiger partial charge >= 0.3 is 5.97 Å². The Hall–Kier alpha value is -3.02. The molecule has 1 atom stereocenters. The largest absolute Gasteiger partial charge is 0.461 e. The summed E-state index contributed by atoms with van der Waals surface area (Å²) in [5, 5.41) is 0. The number of nitrogens with zero attached hydrogens (tertiary/aromatic N) is 1. The van der Waals surface area contributed by atoms with Crippen molar-refractivity contribution in [3.05, 3.63) is 88.2 Å². The van der Waals surface area contributed by atoms with Crippen molar-refractivity contribution in [2.75, 3.05) is 6.61 Å². The molecule has 0 bridgehead atoms. The van der Waals surface area contributed by atoms with E-state index in [9.17, 15) is 4.79 Å². The summed E-state index contributed by atoms with van der Waals surface area (Å²) in [6, 6.07) is 17.4. The number of carbonyl (C=O) groups is 1. The molecule has 0 saturated carbocycles. The zero-order valence-corrected chi connectivity index (χ0v) is 20.1. The first-order valence-electron chi connectivity index (χ1n) is 11.6. The predicted octanol–water partition coefficient (Wildman–Crippen LogP) is 5.13. The summed E-state index contributed by atoms with van der Waals surface area (Å²) < 4.78 is 5.68. The average molecular weight is 446 g/mol. The van der Waals surface area contributed by atoms with Crippen LogP contribution in [-0.4, -0.2) is 17.6 Å². The number of rotatable bonds is 9. The third-order valence-corrected chi connectivity index (χ3v) is 5.86. The highest BCUT2D eigenvalue weighted by Crippen LogP contribution is 2.36. The molecule has 0 aliphatic rings. The van der Waals surface area contributed by atoms with E-state index in [0.717, 1.165) is 45.6 Å². The molecule has 0 fully saturated rings. The molecule has 5 nitrogen and oxygen atoms in total. The standard InChI is InChI=1S/C28H35N3O2/c1-18(2)14-25-24(16-30)27(22-12-10-21(15-29)11-13-22)26(20(4)31-25)19(3)17-33-28(32)23-8-6-5-7-9-23/h5-13,18-19H,14-17,29-30H2,1-4H3. The third-order valence-electron chi connectivity index (χ3n) is 5.86. The van der Waals surface area contributed by atoms with Crippen LogP contribution in [0.4, 0.5) is 0 Å². The number of nitrogens with two attached hydrogens (primary N) is 2. The lowest BCUT2D eigenvalue weighted by Gasteiger charge is -2.24. The lowest BCUT2D eigenvalue weighted by Crippen LogP contribution is -2.17. The highest BCUT2D eigenvalue weighted by Gasteiger charge is 2.23. The van der Waals surface area contributed by atoms with Crippen LogP contribution in [-0.2, 0) is 24.2 Å². The zero-order valence-electron chi connectivity index (χ0n) is 20.1. The molecular weight excluding hydrogens is 410 g/mol. The van der Waals surface area contributed by atoms with Crippen molar-refractivity contribution in [1.29, 1.82) is 0 Å². The first-order chi connectivity index (χ1) is 15.8. The Morgan fingerprint density at radius 1 is 0.970 bits per heavy atom. The Bertz CT molecular complexity index is 1080. The van der Waals surface area contributed by atoms with Crippen molar-refractivity contribution >= 4 is 5.97 Å². The van der Waals surface area contributed by atoms with Crippen LogP contribution < -0.4 is 11.5 Å². The number of hydrogen-bond acceptors (Lipinski definition) is 5. The summed E-state index contributed by atoms with van der Waals surface area (Å²) in [6.07, 6.45) is 0.860. The lowest BCUT2D eigenvalue weighted by molar-refractivity contribution is 0.0485. The summed E-state index contributed by atoms with van der Waals surface area (Å²) in [5.41, 5.74) is 20.0. The summed E-state index contributed by atoms with van der Waals surface area (Å²) in [7, 11) is 0. The van der Waals surface area contributed by atoms with E-state index in [2.05, 4.69) is 45.0 Å². The minimum Gasteiger partial charge on any atom is -0.461 e. The number of carbonyl (C=O) groups excluding carboxylic acids is 1. The van der Waals surface area contributed by atoms with E-state index in [1.165, 1.54) is 0 Å². The van der Waals surface area contributed by atoms with Gasteiger partial charge in [0.2, 0.25) is 0 Å². The second-order valence-corrected chi connectivity index (χ2v) is 8.98. The fraction of sp³-hybridized carbons (Fsp3) is 0.357. The van der Waals surface area contributed by atoms with Crippen molar-refractivity contribution in [1.82, 2.24) is 4.98 Å². The van der Waals surface area contributed by atoms with Gasteiger partial charge in [0.05, 0.1) is 12.2 Å². The van der Waals surface area contributed by atoms with E-state index in [4.69, 9.17) is 21.2 Å². The van der Waals surface area contributed by atoms with Crippen LogP contribution in [0.25, 0.3) is 11.1 Å². The lowest BCUT2D eigenvalue weighted by atomic mass is 9.85. The normalized spacial score (nSPS) is 12.1. The van der Waals surface area contributed by atoms with Gasteiger partial charge in [-0.2, -0.15) is 0 Å². The van der Waals surface area contributed by atoms with Crippen molar-refractivity contribution in [2.24, 2.45) is 17.4 Å². The van der Waals surface area contributed by atoms with Crippen LogP contribution in [0.1, 0.15) is 65.1 Å². The van der Waals surface area contributed by atoms with E-state index in [1.807, 2.05) is 25.1 Å². The van der Waals surface area contributed by atoms with E-state index in [-0.39, 0.29) is 18.5 Å². The number of hydrogen-bond donors (Lipinski definition) is 2. The second kappa shape index (κ2) is 11.2. The van der Waals surface area contributed by atoms with Gasteiger partial charge in [0.1, 0.15) is 0 Å². The van der Waals surface area contributed by atoms with Crippen molar-refractivity contribution in [3.63, 3.8) is 0 Å². The molecule has 0 radical (unpaired) electrons. The average Bonchev–Trinajstić information content (AvgIpc) is 2.82. The van der Waals surface area contributed by atoms with Crippen LogP contribution in [0.5, 0.6) is 0 Å². The van der Waals surface area contributed by atoms with Crippen LogP contribution >= 0.6 is 0 Å². The van der Waals surface area contributed by atoms with Gasteiger partial charge in [-0.1, -0.05) is 63.2 Å². The summed E-state index contributed by atoms with van der Waals surface area (Å²) in [5.74, 6) is 0.0925. The molecule has 1 aromatic heterocycles. The summed E-state index contributed by atoms with van der Waals surface area (Å²) >= 11 is 0. The molecule has 0 spiro atoms. The monoisotopic (exact) mass is 445 g/mol. The first kappa shape index (κ1) is 24.6. The molecule has 3 rings (SSSR count). The van der Waals surface area contributed by atoms with Gasteiger partial charge in [0.15, 0.2) is 0 Å². The number of aryl methyl sites for hydroxylation is 1. The molecule has 0 saturated heterocycles. The minimum absolute atomic E-state index is 0.0484. The highest BCUT2D eigenvalue weighted by atomic mass is 16.5. The number of pyridine rings is 1. The molecule has 2 aromatic carbocycles. The quantitative estimate of drug-likeness (QED) is 0.445. The topological polar surface area (TPSA) is 91.2 Å². The Labute approximate surface area is 197 Å². The fourth-order valence-corrected chi connectivity index (χ4v) is 4.28. The minimum atomic E-state index is -0.322. The maximum absolute atomic E-state index is 12.5. The molecule has 1 heterocycles. The third kappa shape index (κ3) is 5.86. The molecule has 174 valence electrons. The van der Waals surface area contributed by atoms with Gasteiger partial charge in [-0.15, -0.1) is 0 Å². The van der Waals surface area contributed by atoms with Crippen molar-refractivity contribution in [2.45, 2.75) is 53.1 Å². The maximum atomic E-state index is 12.5. The zero-order chi connectivity index (χ0) is 24.0. The molecule has 3 aromatic rings. The highest BCUT2D eigenvalue weighted by molar-refractivity contribution is 5.89. The smallest absolute Gasteiger partial charge is 0.338 e. The van der Waals surface area contributed by atoms with Gasteiger partial charge in [-0.25, -0.2) is 4.79 Å². The Kier molecular flexibility index (Phi) is 8.37. The second-order valence-electron chi connectivity index (χ2n) is 8.98. The Morgan fingerprint density at radius 3 is 2.21 bits per heavy atom. The van der Waals surface area contributed by atoms with Crippen LogP contribution in [0, 0.1) is 12.8 Å². The number of esters is 1. The van der Waals surface area contributed by atoms with E-state index < -0.39 is 0 Å². The summed E-state index contributed by atoms with van der Waals surface area (Å²) in [4.78, 5) is 17.5. The molecule has 0 aliphatic carbocycles. The maximum Gasteiger partial charge on any atom is 0.338 e. The molecular formula is C28H35N3O2. The van der Waals surface area contributed by atoms with Gasteiger partial charge in [0.25, 0.3) is 0 Å². The van der Waals surface area contributed by atoms with E-state index in [0.29, 0.717) is 24.6 Å². The van der Waals surface area contributed by atoms with E-state index >= 15 is 0 Å². The first-order valence-corrected chi connectivity index (χ1v) is 11.6.